The van der Waals surface area contributed by atoms with Crippen LogP contribution in [0.1, 0.15) is 26.2 Å². The topological polar surface area (TPSA) is 24.1 Å². The number of hydrogen-bond acceptors (Lipinski definition) is 2. The van der Waals surface area contributed by atoms with Crippen LogP contribution in [0.3, 0.4) is 0 Å². The minimum atomic E-state index is 0.618. The number of halogens is 1. The Morgan fingerprint density at radius 1 is 1.38 bits per heavy atom. The van der Waals surface area contributed by atoms with Gasteiger partial charge in [0.1, 0.15) is 0 Å². The molecule has 0 spiro atoms. The third-order valence-corrected chi connectivity index (χ3v) is 3.73. The van der Waals surface area contributed by atoms with Crippen molar-refractivity contribution in [1.29, 1.82) is 0 Å². The van der Waals surface area contributed by atoms with Crippen molar-refractivity contribution in [1.82, 2.24) is 5.32 Å². The zero-order chi connectivity index (χ0) is 11.4. The van der Waals surface area contributed by atoms with E-state index in [0.29, 0.717) is 12.1 Å². The molecule has 0 aromatic heterocycles. The maximum atomic E-state index is 3.61. The van der Waals surface area contributed by atoms with Crippen molar-refractivity contribution in [3.63, 3.8) is 0 Å². The Hall–Kier alpha value is -0.540. The SMILES string of the molecule is CCC1CC(Nc2ccc(Br)cc2)CCN1. The molecule has 2 atom stereocenters. The first-order valence-electron chi connectivity index (χ1n) is 6.03. The van der Waals surface area contributed by atoms with Crippen LogP contribution < -0.4 is 10.6 Å². The van der Waals surface area contributed by atoms with Gasteiger partial charge in [-0.05, 0) is 50.1 Å². The fourth-order valence-corrected chi connectivity index (χ4v) is 2.49. The van der Waals surface area contributed by atoms with Crippen LogP contribution in [0.2, 0.25) is 0 Å². The molecule has 1 aromatic rings. The van der Waals surface area contributed by atoms with Crippen molar-refractivity contribution in [2.75, 3.05) is 11.9 Å². The van der Waals surface area contributed by atoms with Crippen LogP contribution >= 0.6 is 15.9 Å². The summed E-state index contributed by atoms with van der Waals surface area (Å²) in [6.45, 7) is 3.38. The Bertz CT molecular complexity index is 323. The highest BCUT2D eigenvalue weighted by Crippen LogP contribution is 2.19. The van der Waals surface area contributed by atoms with Crippen LogP contribution in [-0.4, -0.2) is 18.6 Å². The highest BCUT2D eigenvalue weighted by atomic mass is 79.9. The fraction of sp³-hybridized carbons (Fsp3) is 0.538. The molecule has 1 aliphatic heterocycles. The van der Waals surface area contributed by atoms with E-state index in [0.717, 1.165) is 11.0 Å². The molecule has 0 radical (unpaired) electrons. The van der Waals surface area contributed by atoms with E-state index in [1.807, 2.05) is 0 Å². The van der Waals surface area contributed by atoms with Crippen LogP contribution in [0, 0.1) is 0 Å². The molecule has 1 fully saturated rings. The largest absolute Gasteiger partial charge is 0.382 e. The molecule has 1 aliphatic rings. The molecule has 1 heterocycles. The molecule has 2 rings (SSSR count). The highest BCUT2D eigenvalue weighted by molar-refractivity contribution is 9.10. The Morgan fingerprint density at radius 2 is 2.12 bits per heavy atom. The van der Waals surface area contributed by atoms with E-state index in [1.165, 1.54) is 24.9 Å². The third kappa shape index (κ3) is 3.22. The summed E-state index contributed by atoms with van der Waals surface area (Å²) in [5.74, 6) is 0. The number of rotatable bonds is 3. The Morgan fingerprint density at radius 3 is 2.81 bits per heavy atom. The standard InChI is InChI=1S/C13H19BrN2/c1-2-11-9-13(7-8-15-11)16-12-5-3-10(14)4-6-12/h3-6,11,13,15-16H,2,7-9H2,1H3. The lowest BCUT2D eigenvalue weighted by atomic mass is 9.97. The molecular formula is C13H19BrN2. The van der Waals surface area contributed by atoms with Gasteiger partial charge in [0, 0.05) is 22.2 Å². The first-order chi connectivity index (χ1) is 7.78. The summed E-state index contributed by atoms with van der Waals surface area (Å²) in [5, 5.41) is 7.16. The van der Waals surface area contributed by atoms with Crippen LogP contribution in [-0.2, 0) is 0 Å². The number of hydrogen-bond donors (Lipinski definition) is 2. The zero-order valence-corrected chi connectivity index (χ0v) is 11.3. The second-order valence-corrected chi connectivity index (χ2v) is 5.35. The summed E-state index contributed by atoms with van der Waals surface area (Å²) in [6, 6.07) is 9.73. The highest BCUT2D eigenvalue weighted by Gasteiger charge is 2.19. The molecule has 16 heavy (non-hydrogen) atoms. The van der Waals surface area contributed by atoms with Crippen molar-refractivity contribution in [3.05, 3.63) is 28.7 Å². The lowest BCUT2D eigenvalue weighted by Crippen LogP contribution is -2.42. The van der Waals surface area contributed by atoms with Crippen molar-refractivity contribution in [2.45, 2.75) is 38.3 Å². The number of piperidine rings is 1. The molecule has 2 N–H and O–H groups in total. The van der Waals surface area contributed by atoms with Gasteiger partial charge in [0.05, 0.1) is 0 Å². The molecular weight excluding hydrogens is 264 g/mol. The predicted molar refractivity (Wildman–Crippen MR) is 72.9 cm³/mol. The van der Waals surface area contributed by atoms with Gasteiger partial charge in [0.2, 0.25) is 0 Å². The summed E-state index contributed by atoms with van der Waals surface area (Å²) in [7, 11) is 0. The fourth-order valence-electron chi connectivity index (χ4n) is 2.23. The molecule has 88 valence electrons. The van der Waals surface area contributed by atoms with Gasteiger partial charge in [0.15, 0.2) is 0 Å². The second-order valence-electron chi connectivity index (χ2n) is 4.43. The molecule has 2 unspecified atom stereocenters. The van der Waals surface area contributed by atoms with Gasteiger partial charge in [-0.3, -0.25) is 0 Å². The molecule has 0 aliphatic carbocycles. The van der Waals surface area contributed by atoms with E-state index in [2.05, 4.69) is 57.8 Å². The van der Waals surface area contributed by atoms with E-state index in [1.54, 1.807) is 0 Å². The molecule has 3 heteroatoms. The maximum Gasteiger partial charge on any atom is 0.0343 e. The van der Waals surface area contributed by atoms with Crippen LogP contribution in [0.25, 0.3) is 0 Å². The molecule has 2 nitrogen and oxygen atoms in total. The number of anilines is 1. The van der Waals surface area contributed by atoms with Gasteiger partial charge in [-0.2, -0.15) is 0 Å². The van der Waals surface area contributed by atoms with Gasteiger partial charge in [-0.15, -0.1) is 0 Å². The summed E-state index contributed by atoms with van der Waals surface area (Å²) in [4.78, 5) is 0. The second kappa shape index (κ2) is 5.69. The summed E-state index contributed by atoms with van der Waals surface area (Å²) in [5.41, 5.74) is 1.23. The van der Waals surface area contributed by atoms with Gasteiger partial charge in [-0.25, -0.2) is 0 Å². The van der Waals surface area contributed by atoms with E-state index in [-0.39, 0.29) is 0 Å². The van der Waals surface area contributed by atoms with Crippen LogP contribution in [0.5, 0.6) is 0 Å². The van der Waals surface area contributed by atoms with Crippen molar-refractivity contribution in [3.8, 4) is 0 Å². The molecule has 1 aromatic carbocycles. The normalized spacial score (nSPS) is 25.4. The molecule has 0 amide bonds. The van der Waals surface area contributed by atoms with Crippen LogP contribution in [0.15, 0.2) is 28.7 Å². The van der Waals surface area contributed by atoms with Crippen molar-refractivity contribution < 1.29 is 0 Å². The Kier molecular flexibility index (Phi) is 4.24. The maximum absolute atomic E-state index is 3.61. The lowest BCUT2D eigenvalue weighted by Gasteiger charge is -2.31. The zero-order valence-electron chi connectivity index (χ0n) is 9.67. The minimum absolute atomic E-state index is 0.618. The van der Waals surface area contributed by atoms with Crippen LogP contribution in [0.4, 0.5) is 5.69 Å². The lowest BCUT2D eigenvalue weighted by molar-refractivity contribution is 0.368. The molecule has 0 bridgehead atoms. The van der Waals surface area contributed by atoms with E-state index < -0.39 is 0 Å². The molecule has 1 saturated heterocycles. The Balaban J connectivity index is 1.91. The monoisotopic (exact) mass is 282 g/mol. The van der Waals surface area contributed by atoms with E-state index >= 15 is 0 Å². The smallest absolute Gasteiger partial charge is 0.0343 e. The quantitative estimate of drug-likeness (QED) is 0.888. The average molecular weight is 283 g/mol. The van der Waals surface area contributed by atoms with Crippen molar-refractivity contribution in [2.24, 2.45) is 0 Å². The Labute approximate surface area is 106 Å². The number of nitrogens with one attached hydrogen (secondary N) is 2. The minimum Gasteiger partial charge on any atom is -0.382 e. The average Bonchev–Trinajstić information content (AvgIpc) is 2.32. The number of benzene rings is 1. The first kappa shape index (κ1) is 11.9. The van der Waals surface area contributed by atoms with E-state index in [9.17, 15) is 0 Å². The van der Waals surface area contributed by atoms with Gasteiger partial charge >= 0.3 is 0 Å². The van der Waals surface area contributed by atoms with E-state index in [4.69, 9.17) is 0 Å². The first-order valence-corrected chi connectivity index (χ1v) is 6.82. The summed E-state index contributed by atoms with van der Waals surface area (Å²) >= 11 is 3.45. The summed E-state index contributed by atoms with van der Waals surface area (Å²) in [6.07, 6.45) is 3.66. The summed E-state index contributed by atoms with van der Waals surface area (Å²) < 4.78 is 1.13. The molecule has 0 saturated carbocycles. The van der Waals surface area contributed by atoms with Gasteiger partial charge < -0.3 is 10.6 Å². The van der Waals surface area contributed by atoms with Gasteiger partial charge in [-0.1, -0.05) is 22.9 Å². The van der Waals surface area contributed by atoms with Gasteiger partial charge in [0.25, 0.3) is 0 Å². The third-order valence-electron chi connectivity index (χ3n) is 3.20. The van der Waals surface area contributed by atoms with Crippen molar-refractivity contribution >= 4 is 21.6 Å². The predicted octanol–water partition coefficient (Wildman–Crippen LogP) is 3.39.